The second-order valence-electron chi connectivity index (χ2n) is 5.56. The lowest BCUT2D eigenvalue weighted by Gasteiger charge is -2.11. The van der Waals surface area contributed by atoms with E-state index in [-0.39, 0.29) is 5.56 Å². The summed E-state index contributed by atoms with van der Waals surface area (Å²) in [5.41, 5.74) is -0.192. The van der Waals surface area contributed by atoms with Gasteiger partial charge in [-0.05, 0) is 51.3 Å². The molecular formula is C17H20F2N4O. The lowest BCUT2D eigenvalue weighted by Crippen LogP contribution is -2.17. The molecule has 0 aliphatic carbocycles. The Bertz CT molecular complexity index is 686. The Morgan fingerprint density at radius 2 is 1.92 bits per heavy atom. The maximum atomic E-state index is 13.6. The average Bonchev–Trinajstić information content (AvgIpc) is 2.55. The minimum atomic E-state index is -0.820. The second-order valence-corrected chi connectivity index (χ2v) is 5.56. The number of nitrogens with one attached hydrogen (secondary N) is 2. The summed E-state index contributed by atoms with van der Waals surface area (Å²) in [5, 5.41) is 5.37. The van der Waals surface area contributed by atoms with Crippen LogP contribution in [0.3, 0.4) is 0 Å². The maximum Gasteiger partial charge on any atom is 0.256 e. The molecule has 2 rings (SSSR count). The van der Waals surface area contributed by atoms with Crippen LogP contribution in [0.4, 0.5) is 20.3 Å². The standard InChI is InChI=1S/C17H20F2N4O/c1-23(2)10-4-8-20-15-11-12(7-9-21-15)17(24)22-16-13(18)5-3-6-14(16)19/h3,5-7,9,11H,4,8,10H2,1-2H3,(H,20,21)(H,22,24). The predicted molar refractivity (Wildman–Crippen MR) is 90.2 cm³/mol. The zero-order valence-corrected chi connectivity index (χ0v) is 13.6. The molecule has 0 unspecified atom stereocenters. The van der Waals surface area contributed by atoms with Gasteiger partial charge < -0.3 is 15.5 Å². The van der Waals surface area contributed by atoms with Crippen molar-refractivity contribution in [3.8, 4) is 0 Å². The van der Waals surface area contributed by atoms with Crippen LogP contribution in [-0.4, -0.2) is 43.0 Å². The van der Waals surface area contributed by atoms with Crippen LogP contribution in [0, 0.1) is 11.6 Å². The van der Waals surface area contributed by atoms with E-state index in [1.54, 1.807) is 6.07 Å². The number of hydrogen-bond donors (Lipinski definition) is 2. The van der Waals surface area contributed by atoms with Crippen LogP contribution in [0.15, 0.2) is 36.5 Å². The minimum absolute atomic E-state index is 0.266. The number of anilines is 2. The van der Waals surface area contributed by atoms with Crippen LogP contribution < -0.4 is 10.6 Å². The van der Waals surface area contributed by atoms with Gasteiger partial charge in [0.25, 0.3) is 5.91 Å². The Morgan fingerprint density at radius 3 is 2.58 bits per heavy atom. The fraction of sp³-hybridized carbons (Fsp3) is 0.294. The molecule has 0 aliphatic heterocycles. The quantitative estimate of drug-likeness (QED) is 0.765. The Hall–Kier alpha value is -2.54. The normalized spacial score (nSPS) is 10.7. The highest BCUT2D eigenvalue weighted by Crippen LogP contribution is 2.19. The summed E-state index contributed by atoms with van der Waals surface area (Å²) in [5.74, 6) is -1.70. The summed E-state index contributed by atoms with van der Waals surface area (Å²) in [4.78, 5) is 18.4. The Labute approximate surface area is 139 Å². The molecule has 7 heteroatoms. The molecule has 1 aromatic heterocycles. The van der Waals surface area contributed by atoms with Crippen molar-refractivity contribution in [2.75, 3.05) is 37.8 Å². The van der Waals surface area contributed by atoms with Crippen molar-refractivity contribution in [2.24, 2.45) is 0 Å². The first-order valence-electron chi connectivity index (χ1n) is 7.57. The molecular weight excluding hydrogens is 314 g/mol. The number of benzene rings is 1. The average molecular weight is 334 g/mol. The van der Waals surface area contributed by atoms with Crippen LogP contribution >= 0.6 is 0 Å². The molecule has 0 spiro atoms. The van der Waals surface area contributed by atoms with Gasteiger partial charge in [-0.1, -0.05) is 6.07 Å². The van der Waals surface area contributed by atoms with Crippen molar-refractivity contribution < 1.29 is 13.6 Å². The fourth-order valence-corrected chi connectivity index (χ4v) is 2.08. The van der Waals surface area contributed by atoms with Crippen LogP contribution in [-0.2, 0) is 0 Å². The first-order chi connectivity index (χ1) is 11.5. The van der Waals surface area contributed by atoms with Crippen molar-refractivity contribution in [3.05, 3.63) is 53.7 Å². The molecule has 0 bridgehead atoms. The zero-order chi connectivity index (χ0) is 17.5. The van der Waals surface area contributed by atoms with Crippen LogP contribution in [0.1, 0.15) is 16.8 Å². The summed E-state index contributed by atoms with van der Waals surface area (Å²) in [6.07, 6.45) is 2.40. The smallest absolute Gasteiger partial charge is 0.256 e. The highest BCUT2D eigenvalue weighted by molar-refractivity contribution is 6.04. The number of para-hydroxylation sites is 1. The number of halogens is 2. The van der Waals surface area contributed by atoms with Crippen molar-refractivity contribution in [1.82, 2.24) is 9.88 Å². The molecule has 24 heavy (non-hydrogen) atoms. The third-order valence-corrected chi connectivity index (χ3v) is 3.31. The van der Waals surface area contributed by atoms with Crippen molar-refractivity contribution in [2.45, 2.75) is 6.42 Å². The molecule has 2 N–H and O–H groups in total. The highest BCUT2D eigenvalue weighted by atomic mass is 19.1. The van der Waals surface area contributed by atoms with Gasteiger partial charge in [-0.2, -0.15) is 0 Å². The van der Waals surface area contributed by atoms with Gasteiger partial charge in [0.1, 0.15) is 23.1 Å². The molecule has 1 aromatic carbocycles. The Kier molecular flexibility index (Phi) is 6.20. The first kappa shape index (κ1) is 17.8. The third-order valence-electron chi connectivity index (χ3n) is 3.31. The molecule has 1 heterocycles. The highest BCUT2D eigenvalue weighted by Gasteiger charge is 2.13. The van der Waals surface area contributed by atoms with Gasteiger partial charge in [-0.15, -0.1) is 0 Å². The van der Waals surface area contributed by atoms with Gasteiger partial charge in [0.05, 0.1) is 0 Å². The Morgan fingerprint density at radius 1 is 1.21 bits per heavy atom. The van der Waals surface area contributed by atoms with Crippen LogP contribution in [0.2, 0.25) is 0 Å². The van der Waals surface area contributed by atoms with E-state index in [1.807, 2.05) is 14.1 Å². The molecule has 5 nitrogen and oxygen atoms in total. The SMILES string of the molecule is CN(C)CCCNc1cc(C(=O)Nc2c(F)cccc2F)ccn1. The van der Waals surface area contributed by atoms with Gasteiger partial charge in [-0.25, -0.2) is 13.8 Å². The number of hydrogen-bond acceptors (Lipinski definition) is 4. The summed E-state index contributed by atoms with van der Waals surface area (Å²) in [7, 11) is 3.98. The first-order valence-corrected chi connectivity index (χ1v) is 7.57. The van der Waals surface area contributed by atoms with Gasteiger partial charge in [-0.3, -0.25) is 4.79 Å². The molecule has 0 saturated carbocycles. The van der Waals surface area contributed by atoms with Gasteiger partial charge >= 0.3 is 0 Å². The lowest BCUT2D eigenvalue weighted by atomic mass is 10.2. The number of carbonyl (C=O) groups is 1. The number of aromatic nitrogens is 1. The molecule has 0 aliphatic rings. The largest absolute Gasteiger partial charge is 0.370 e. The lowest BCUT2D eigenvalue weighted by molar-refractivity contribution is 0.102. The van der Waals surface area contributed by atoms with Crippen molar-refractivity contribution in [1.29, 1.82) is 0 Å². The summed E-state index contributed by atoms with van der Waals surface area (Å²) < 4.78 is 27.2. The number of nitrogens with zero attached hydrogens (tertiary/aromatic N) is 2. The monoisotopic (exact) mass is 334 g/mol. The third kappa shape index (κ3) is 4.99. The molecule has 0 saturated heterocycles. The topological polar surface area (TPSA) is 57.3 Å². The predicted octanol–water partition coefficient (Wildman–Crippen LogP) is 2.98. The van der Waals surface area contributed by atoms with Crippen LogP contribution in [0.25, 0.3) is 0 Å². The van der Waals surface area contributed by atoms with Gasteiger partial charge in [0.15, 0.2) is 0 Å². The van der Waals surface area contributed by atoms with E-state index >= 15 is 0 Å². The molecule has 1 amide bonds. The van der Waals surface area contributed by atoms with E-state index in [2.05, 4.69) is 20.5 Å². The Balaban J connectivity index is 2.01. The van der Waals surface area contributed by atoms with E-state index in [9.17, 15) is 13.6 Å². The molecule has 2 aromatic rings. The van der Waals surface area contributed by atoms with Crippen LogP contribution in [0.5, 0.6) is 0 Å². The van der Waals surface area contributed by atoms with E-state index in [0.717, 1.165) is 25.1 Å². The summed E-state index contributed by atoms with van der Waals surface area (Å²) in [6, 6.07) is 6.44. The van der Waals surface area contributed by atoms with Gasteiger partial charge in [0.2, 0.25) is 0 Å². The van der Waals surface area contributed by atoms with Crippen molar-refractivity contribution in [3.63, 3.8) is 0 Å². The maximum absolute atomic E-state index is 13.6. The zero-order valence-electron chi connectivity index (χ0n) is 13.6. The van der Waals surface area contributed by atoms with Crippen molar-refractivity contribution >= 4 is 17.4 Å². The second kappa shape index (κ2) is 8.35. The molecule has 128 valence electrons. The van der Waals surface area contributed by atoms with E-state index < -0.39 is 23.2 Å². The molecule has 0 radical (unpaired) electrons. The number of carbonyl (C=O) groups excluding carboxylic acids is 1. The minimum Gasteiger partial charge on any atom is -0.370 e. The summed E-state index contributed by atoms with van der Waals surface area (Å²) >= 11 is 0. The molecule has 0 atom stereocenters. The van der Waals surface area contributed by atoms with Gasteiger partial charge in [0, 0.05) is 18.3 Å². The number of rotatable bonds is 7. The number of pyridine rings is 1. The summed E-state index contributed by atoms with van der Waals surface area (Å²) in [6.45, 7) is 1.64. The fourth-order valence-electron chi connectivity index (χ4n) is 2.08. The number of amides is 1. The molecule has 0 fully saturated rings. The van der Waals surface area contributed by atoms with E-state index in [1.165, 1.54) is 18.3 Å². The van der Waals surface area contributed by atoms with E-state index in [0.29, 0.717) is 12.4 Å². The van der Waals surface area contributed by atoms with E-state index in [4.69, 9.17) is 0 Å².